The van der Waals surface area contributed by atoms with Crippen molar-refractivity contribution in [1.82, 2.24) is 5.32 Å². The van der Waals surface area contributed by atoms with Crippen molar-refractivity contribution < 1.29 is 9.59 Å². The second-order valence-electron chi connectivity index (χ2n) is 6.36. The molecule has 1 aliphatic rings. The van der Waals surface area contributed by atoms with E-state index in [0.717, 1.165) is 30.0 Å². The molecule has 0 saturated heterocycles. The Hall–Kier alpha value is -2.36. The molecule has 0 radical (unpaired) electrons. The Labute approximate surface area is 136 Å². The van der Waals surface area contributed by atoms with E-state index in [0.29, 0.717) is 11.6 Å². The number of hydrogen-bond donors (Lipinski definition) is 2. The number of hydrogen-bond acceptors (Lipinski definition) is 2. The van der Waals surface area contributed by atoms with Crippen molar-refractivity contribution in [3.05, 3.63) is 42.5 Å². The van der Waals surface area contributed by atoms with Crippen LogP contribution in [-0.4, -0.2) is 17.9 Å². The fraction of sp³-hybridized carbons (Fsp3) is 0.368. The van der Waals surface area contributed by atoms with Gasteiger partial charge in [0.25, 0.3) is 0 Å². The van der Waals surface area contributed by atoms with Gasteiger partial charge in [-0.1, -0.05) is 50.1 Å². The summed E-state index contributed by atoms with van der Waals surface area (Å²) in [5.74, 6) is -0.712. The number of fused-ring (bicyclic) bond motifs is 1. The van der Waals surface area contributed by atoms with Gasteiger partial charge in [0, 0.05) is 11.7 Å². The van der Waals surface area contributed by atoms with Gasteiger partial charge in [0.05, 0.1) is 0 Å². The Morgan fingerprint density at radius 1 is 0.957 bits per heavy atom. The third-order valence-electron chi connectivity index (χ3n) is 4.64. The van der Waals surface area contributed by atoms with Crippen LogP contribution >= 0.6 is 0 Å². The van der Waals surface area contributed by atoms with E-state index < -0.39 is 11.8 Å². The predicted octanol–water partition coefficient (Wildman–Crippen LogP) is 3.47. The summed E-state index contributed by atoms with van der Waals surface area (Å²) in [6.07, 6.45) is 4.38. The fourth-order valence-corrected chi connectivity index (χ4v) is 3.22. The molecule has 2 atom stereocenters. The summed E-state index contributed by atoms with van der Waals surface area (Å²) in [5, 5.41) is 7.70. The topological polar surface area (TPSA) is 58.2 Å². The third kappa shape index (κ3) is 3.70. The highest BCUT2D eigenvalue weighted by molar-refractivity contribution is 6.39. The van der Waals surface area contributed by atoms with Gasteiger partial charge in [0.15, 0.2) is 0 Å². The Kier molecular flexibility index (Phi) is 4.60. The number of nitrogens with one attached hydrogen (secondary N) is 2. The van der Waals surface area contributed by atoms with Gasteiger partial charge >= 0.3 is 11.8 Å². The largest absolute Gasteiger partial charge is 0.345 e. The summed E-state index contributed by atoms with van der Waals surface area (Å²) in [7, 11) is 0. The molecule has 1 aliphatic carbocycles. The maximum atomic E-state index is 12.1. The zero-order valence-corrected chi connectivity index (χ0v) is 13.3. The van der Waals surface area contributed by atoms with Crippen molar-refractivity contribution in [2.75, 3.05) is 5.32 Å². The molecule has 2 aromatic carbocycles. The molecule has 0 aromatic heterocycles. The Balaban J connectivity index is 1.64. The van der Waals surface area contributed by atoms with Crippen molar-refractivity contribution in [2.45, 2.75) is 38.6 Å². The zero-order valence-electron chi connectivity index (χ0n) is 13.3. The van der Waals surface area contributed by atoms with E-state index in [1.54, 1.807) is 0 Å². The average Bonchev–Trinajstić information content (AvgIpc) is 2.56. The van der Waals surface area contributed by atoms with Gasteiger partial charge in [-0.15, -0.1) is 0 Å². The summed E-state index contributed by atoms with van der Waals surface area (Å²) in [6.45, 7) is 2.13. The van der Waals surface area contributed by atoms with E-state index in [4.69, 9.17) is 0 Å². The Bertz CT molecular complexity index is 726. The lowest BCUT2D eigenvalue weighted by Crippen LogP contribution is -2.45. The zero-order chi connectivity index (χ0) is 16.2. The summed E-state index contributed by atoms with van der Waals surface area (Å²) >= 11 is 0. The third-order valence-corrected chi connectivity index (χ3v) is 4.64. The molecule has 2 aromatic rings. The summed E-state index contributed by atoms with van der Waals surface area (Å²) in [4.78, 5) is 24.2. The maximum absolute atomic E-state index is 12.1. The summed E-state index contributed by atoms with van der Waals surface area (Å²) in [6, 6.07) is 13.7. The first kappa shape index (κ1) is 15.5. The molecule has 3 rings (SSSR count). The second kappa shape index (κ2) is 6.82. The van der Waals surface area contributed by atoms with Crippen molar-refractivity contribution in [2.24, 2.45) is 5.92 Å². The molecular weight excluding hydrogens is 288 g/mol. The van der Waals surface area contributed by atoms with Crippen molar-refractivity contribution >= 4 is 28.3 Å². The highest BCUT2D eigenvalue weighted by atomic mass is 16.2. The first-order chi connectivity index (χ1) is 11.1. The molecule has 0 aliphatic heterocycles. The number of amides is 2. The Morgan fingerprint density at radius 3 is 2.48 bits per heavy atom. The van der Waals surface area contributed by atoms with Gasteiger partial charge in [0.1, 0.15) is 0 Å². The van der Waals surface area contributed by atoms with Crippen LogP contribution in [0.15, 0.2) is 42.5 Å². The minimum absolute atomic E-state index is 0.110. The molecule has 1 saturated carbocycles. The molecule has 120 valence electrons. The van der Waals surface area contributed by atoms with Gasteiger partial charge in [-0.25, -0.2) is 0 Å². The number of carbonyl (C=O) groups excluding carboxylic acids is 2. The molecule has 4 nitrogen and oxygen atoms in total. The first-order valence-corrected chi connectivity index (χ1v) is 8.24. The van der Waals surface area contributed by atoms with Crippen LogP contribution in [0, 0.1) is 5.92 Å². The number of benzene rings is 2. The van der Waals surface area contributed by atoms with Crippen molar-refractivity contribution in [1.29, 1.82) is 0 Å². The fourth-order valence-electron chi connectivity index (χ4n) is 3.22. The standard InChI is InChI=1S/C19H22N2O2/c1-13-6-2-5-9-17(13)21-19(23)18(22)20-16-11-10-14-7-3-4-8-15(14)12-16/h3-4,7-8,10-13,17H,2,5-6,9H2,1H3,(H,20,22)(H,21,23). The highest BCUT2D eigenvalue weighted by Gasteiger charge is 2.25. The van der Waals surface area contributed by atoms with Gasteiger partial charge in [-0.2, -0.15) is 0 Å². The molecule has 0 bridgehead atoms. The SMILES string of the molecule is CC1CCCCC1NC(=O)C(=O)Nc1ccc2ccccc2c1. The quantitative estimate of drug-likeness (QED) is 0.834. The van der Waals surface area contributed by atoms with Crippen LogP contribution in [-0.2, 0) is 9.59 Å². The van der Waals surface area contributed by atoms with Gasteiger partial charge in [-0.05, 0) is 41.7 Å². The van der Waals surface area contributed by atoms with Crippen LogP contribution in [0.1, 0.15) is 32.6 Å². The van der Waals surface area contributed by atoms with E-state index in [1.165, 1.54) is 6.42 Å². The molecule has 1 fully saturated rings. The lowest BCUT2D eigenvalue weighted by Gasteiger charge is -2.29. The monoisotopic (exact) mass is 310 g/mol. The van der Waals surface area contributed by atoms with Crippen LogP contribution in [0.3, 0.4) is 0 Å². The molecule has 4 heteroatoms. The molecule has 2 N–H and O–H groups in total. The maximum Gasteiger partial charge on any atom is 0.313 e. The lowest BCUT2D eigenvalue weighted by atomic mass is 9.86. The smallest absolute Gasteiger partial charge is 0.313 e. The van der Waals surface area contributed by atoms with Gasteiger partial charge < -0.3 is 10.6 Å². The first-order valence-electron chi connectivity index (χ1n) is 8.24. The minimum Gasteiger partial charge on any atom is -0.345 e. The molecule has 2 unspecified atom stereocenters. The van der Waals surface area contributed by atoms with Gasteiger partial charge in [-0.3, -0.25) is 9.59 Å². The molecule has 23 heavy (non-hydrogen) atoms. The van der Waals surface area contributed by atoms with E-state index in [-0.39, 0.29) is 6.04 Å². The number of rotatable bonds is 2. The normalized spacial score (nSPS) is 20.9. The van der Waals surface area contributed by atoms with Crippen LogP contribution in [0.5, 0.6) is 0 Å². The van der Waals surface area contributed by atoms with E-state index in [1.807, 2.05) is 42.5 Å². The number of anilines is 1. The summed E-state index contributed by atoms with van der Waals surface area (Å²) < 4.78 is 0. The Morgan fingerprint density at radius 2 is 1.70 bits per heavy atom. The van der Waals surface area contributed by atoms with Crippen LogP contribution < -0.4 is 10.6 Å². The lowest BCUT2D eigenvalue weighted by molar-refractivity contribution is -0.137. The molecule has 2 amide bonds. The molecular formula is C19H22N2O2. The van der Waals surface area contributed by atoms with Crippen molar-refractivity contribution in [3.63, 3.8) is 0 Å². The van der Waals surface area contributed by atoms with Crippen LogP contribution in [0.4, 0.5) is 5.69 Å². The minimum atomic E-state index is -0.599. The van der Waals surface area contributed by atoms with Crippen molar-refractivity contribution in [3.8, 4) is 0 Å². The predicted molar refractivity (Wildman–Crippen MR) is 92.1 cm³/mol. The molecule has 0 heterocycles. The number of carbonyl (C=O) groups is 2. The molecule has 0 spiro atoms. The van der Waals surface area contributed by atoms with Crippen LogP contribution in [0.2, 0.25) is 0 Å². The van der Waals surface area contributed by atoms with Gasteiger partial charge in [0.2, 0.25) is 0 Å². The highest BCUT2D eigenvalue weighted by Crippen LogP contribution is 2.23. The van der Waals surface area contributed by atoms with E-state index in [2.05, 4.69) is 17.6 Å². The van der Waals surface area contributed by atoms with E-state index >= 15 is 0 Å². The average molecular weight is 310 g/mol. The van der Waals surface area contributed by atoms with Crippen LogP contribution in [0.25, 0.3) is 10.8 Å². The second-order valence-corrected chi connectivity index (χ2v) is 6.36. The summed E-state index contributed by atoms with van der Waals surface area (Å²) in [5.41, 5.74) is 0.639. The van der Waals surface area contributed by atoms with E-state index in [9.17, 15) is 9.59 Å².